The van der Waals surface area contributed by atoms with Crippen LogP contribution in [-0.2, 0) is 0 Å². The molecule has 0 aliphatic heterocycles. The molecule has 4 heteroatoms. The molecular formula is C7H6N2O2. The highest BCUT2D eigenvalue weighted by Crippen LogP contribution is 1.92. The lowest BCUT2D eigenvalue weighted by Crippen LogP contribution is -1.97. The Balaban J connectivity index is 2.86. The summed E-state index contributed by atoms with van der Waals surface area (Å²) in [4.78, 5) is 18.3. The highest BCUT2D eigenvalue weighted by atomic mass is 16.2. The van der Waals surface area contributed by atoms with Crippen LogP contribution in [0, 0.1) is 0 Å². The van der Waals surface area contributed by atoms with Crippen LogP contribution in [0.5, 0.6) is 0 Å². The van der Waals surface area contributed by atoms with Gasteiger partial charge in [-0.2, -0.15) is 0 Å². The molecule has 0 radical (unpaired) electrons. The quantitative estimate of drug-likeness (QED) is 0.383. The molecule has 1 aromatic rings. The maximum Gasteiger partial charge on any atom is 0.208 e. The summed E-state index contributed by atoms with van der Waals surface area (Å²) in [6, 6.07) is 0. The maximum atomic E-state index is 10.9. The summed E-state index contributed by atoms with van der Waals surface area (Å²) < 4.78 is 0. The van der Waals surface area contributed by atoms with Gasteiger partial charge in [0.25, 0.3) is 0 Å². The van der Waals surface area contributed by atoms with Crippen LogP contribution in [0.2, 0.25) is 0 Å². The Bertz CT molecular complexity index is 269. The first kappa shape index (κ1) is 7.40. The fourth-order valence-corrected chi connectivity index (χ4v) is 0.579. The van der Waals surface area contributed by atoms with Crippen LogP contribution in [-0.4, -0.2) is 20.9 Å². The predicted molar refractivity (Wildman–Crippen MR) is 38.1 cm³/mol. The van der Waals surface area contributed by atoms with Gasteiger partial charge in [-0.15, -0.1) is 0 Å². The van der Waals surface area contributed by atoms with E-state index in [1.54, 1.807) is 0 Å². The zero-order chi connectivity index (χ0) is 8.10. The molecule has 0 saturated heterocycles. The molecule has 0 bridgehead atoms. The highest BCUT2D eigenvalue weighted by molar-refractivity contribution is 6.02. The number of rotatable bonds is 2. The molecule has 0 saturated carbocycles. The summed E-state index contributed by atoms with van der Waals surface area (Å²) >= 11 is 0. The summed E-state index contributed by atoms with van der Waals surface area (Å²) in [7, 11) is 0. The number of aromatic nitrogens is 2. The van der Waals surface area contributed by atoms with Crippen molar-refractivity contribution in [1.29, 1.82) is 0 Å². The van der Waals surface area contributed by atoms with Gasteiger partial charge < -0.3 is 5.11 Å². The van der Waals surface area contributed by atoms with E-state index in [9.17, 15) is 4.79 Å². The summed E-state index contributed by atoms with van der Waals surface area (Å²) in [6.45, 7) is 0. The summed E-state index contributed by atoms with van der Waals surface area (Å²) in [5.41, 5.74) is 0.220. The number of aliphatic hydroxyl groups excluding tert-OH is 1. The number of hydrogen-bond donors (Lipinski definition) is 1. The van der Waals surface area contributed by atoms with Crippen molar-refractivity contribution in [2.75, 3.05) is 0 Å². The van der Waals surface area contributed by atoms with Crippen molar-refractivity contribution < 1.29 is 9.90 Å². The van der Waals surface area contributed by atoms with Gasteiger partial charge in [-0.1, -0.05) is 0 Å². The fourth-order valence-electron chi connectivity index (χ4n) is 0.579. The van der Waals surface area contributed by atoms with Crippen LogP contribution in [0.1, 0.15) is 10.5 Å². The molecular weight excluding hydrogens is 144 g/mol. The molecule has 0 aliphatic rings. The second-order valence-corrected chi connectivity index (χ2v) is 1.77. The van der Waals surface area contributed by atoms with Crippen LogP contribution in [0.4, 0.5) is 0 Å². The van der Waals surface area contributed by atoms with E-state index in [1.165, 1.54) is 18.6 Å². The SMILES string of the molecule is O=C(/C=C/O)c1cnccn1. The van der Waals surface area contributed by atoms with Crippen LogP contribution in [0.3, 0.4) is 0 Å². The number of nitrogens with zero attached hydrogens (tertiary/aromatic N) is 2. The molecule has 1 N–H and O–H groups in total. The van der Waals surface area contributed by atoms with E-state index in [4.69, 9.17) is 5.11 Å². The van der Waals surface area contributed by atoms with E-state index in [0.717, 1.165) is 6.08 Å². The van der Waals surface area contributed by atoms with Gasteiger partial charge >= 0.3 is 0 Å². The molecule has 4 nitrogen and oxygen atoms in total. The number of hydrogen-bond acceptors (Lipinski definition) is 4. The van der Waals surface area contributed by atoms with E-state index < -0.39 is 0 Å². The average molecular weight is 150 g/mol. The van der Waals surface area contributed by atoms with Crippen molar-refractivity contribution in [3.05, 3.63) is 36.6 Å². The lowest BCUT2D eigenvalue weighted by molar-refractivity contribution is 0.104. The minimum Gasteiger partial charge on any atom is -0.515 e. The van der Waals surface area contributed by atoms with Crippen LogP contribution >= 0.6 is 0 Å². The number of allylic oxidation sites excluding steroid dienone is 1. The van der Waals surface area contributed by atoms with Crippen molar-refractivity contribution >= 4 is 5.78 Å². The normalized spacial score (nSPS) is 10.2. The van der Waals surface area contributed by atoms with Gasteiger partial charge in [0.05, 0.1) is 12.5 Å². The van der Waals surface area contributed by atoms with Crippen LogP contribution in [0.15, 0.2) is 30.9 Å². The molecule has 0 fully saturated rings. The van der Waals surface area contributed by atoms with Gasteiger partial charge in [0.2, 0.25) is 5.78 Å². The van der Waals surface area contributed by atoms with Crippen LogP contribution in [0.25, 0.3) is 0 Å². The Morgan fingerprint density at radius 1 is 1.55 bits per heavy atom. The molecule has 0 aromatic carbocycles. The molecule has 0 unspecified atom stereocenters. The number of aliphatic hydroxyl groups is 1. The first-order valence-corrected chi connectivity index (χ1v) is 2.95. The smallest absolute Gasteiger partial charge is 0.208 e. The Morgan fingerprint density at radius 3 is 2.91 bits per heavy atom. The monoisotopic (exact) mass is 150 g/mol. The maximum absolute atomic E-state index is 10.9. The van der Waals surface area contributed by atoms with Crippen molar-refractivity contribution in [3.63, 3.8) is 0 Å². The van der Waals surface area contributed by atoms with Crippen molar-refractivity contribution in [2.45, 2.75) is 0 Å². The molecule has 1 aromatic heterocycles. The molecule has 0 spiro atoms. The van der Waals surface area contributed by atoms with Crippen molar-refractivity contribution in [2.24, 2.45) is 0 Å². The van der Waals surface area contributed by atoms with Gasteiger partial charge in [-0.05, 0) is 0 Å². The topological polar surface area (TPSA) is 63.1 Å². The highest BCUT2D eigenvalue weighted by Gasteiger charge is 2.00. The Hall–Kier alpha value is -1.71. The van der Waals surface area contributed by atoms with E-state index in [0.29, 0.717) is 6.26 Å². The number of carbonyl (C=O) groups excluding carboxylic acids is 1. The summed E-state index contributed by atoms with van der Waals surface area (Å²) in [5.74, 6) is -0.361. The van der Waals surface area contributed by atoms with Gasteiger partial charge in [0, 0.05) is 18.5 Å². The van der Waals surface area contributed by atoms with Gasteiger partial charge in [0.15, 0.2) is 0 Å². The Kier molecular flexibility index (Phi) is 2.32. The molecule has 1 rings (SSSR count). The predicted octanol–water partition coefficient (Wildman–Crippen LogP) is 0.731. The van der Waals surface area contributed by atoms with E-state index in [-0.39, 0.29) is 11.5 Å². The molecule has 1 heterocycles. The first-order chi connectivity index (χ1) is 5.34. The Labute approximate surface area is 63.2 Å². The largest absolute Gasteiger partial charge is 0.515 e. The molecule has 56 valence electrons. The minimum atomic E-state index is -0.361. The third-order valence-corrected chi connectivity index (χ3v) is 1.04. The van der Waals surface area contributed by atoms with Crippen molar-refractivity contribution in [3.8, 4) is 0 Å². The molecule has 0 atom stereocenters. The number of ketones is 1. The Morgan fingerprint density at radius 2 is 2.36 bits per heavy atom. The van der Waals surface area contributed by atoms with Crippen LogP contribution < -0.4 is 0 Å². The average Bonchev–Trinajstić information content (AvgIpc) is 2.07. The lowest BCUT2D eigenvalue weighted by Gasteiger charge is -1.89. The van der Waals surface area contributed by atoms with Crippen molar-refractivity contribution in [1.82, 2.24) is 9.97 Å². The molecule has 0 aliphatic carbocycles. The first-order valence-electron chi connectivity index (χ1n) is 2.95. The van der Waals surface area contributed by atoms with E-state index in [1.807, 2.05) is 0 Å². The van der Waals surface area contributed by atoms with E-state index >= 15 is 0 Å². The zero-order valence-corrected chi connectivity index (χ0v) is 5.64. The molecule has 0 amide bonds. The standard InChI is InChI=1S/C7H6N2O2/c10-4-1-7(11)6-5-8-2-3-9-6/h1-5,10H/b4-1+. The summed E-state index contributed by atoms with van der Waals surface area (Å²) in [6.07, 6.45) is 5.92. The second kappa shape index (κ2) is 3.46. The second-order valence-electron chi connectivity index (χ2n) is 1.77. The van der Waals surface area contributed by atoms with Gasteiger partial charge in [-0.3, -0.25) is 9.78 Å². The third-order valence-electron chi connectivity index (χ3n) is 1.04. The molecule has 11 heavy (non-hydrogen) atoms. The summed E-state index contributed by atoms with van der Waals surface area (Å²) in [5, 5.41) is 8.25. The lowest BCUT2D eigenvalue weighted by atomic mass is 10.3. The van der Waals surface area contributed by atoms with E-state index in [2.05, 4.69) is 9.97 Å². The number of carbonyl (C=O) groups is 1. The fraction of sp³-hybridized carbons (Fsp3) is 0. The third kappa shape index (κ3) is 1.86. The van der Waals surface area contributed by atoms with Gasteiger partial charge in [0.1, 0.15) is 5.69 Å². The minimum absolute atomic E-state index is 0.220. The van der Waals surface area contributed by atoms with Gasteiger partial charge in [-0.25, -0.2) is 4.98 Å². The zero-order valence-electron chi connectivity index (χ0n) is 5.64.